The highest BCUT2D eigenvalue weighted by Gasteiger charge is 2.19. The smallest absolute Gasteiger partial charge is 0.243 e. The topological polar surface area (TPSA) is 76.0 Å². The summed E-state index contributed by atoms with van der Waals surface area (Å²) in [6.45, 7) is 2.32. The van der Waals surface area contributed by atoms with Crippen LogP contribution in [0.1, 0.15) is 12.8 Å². The first-order chi connectivity index (χ1) is 11.1. The lowest BCUT2D eigenvalue weighted by Crippen LogP contribution is -2.26. The predicted octanol–water partition coefficient (Wildman–Crippen LogP) is 1.29. The van der Waals surface area contributed by atoms with Crippen molar-refractivity contribution in [3.63, 3.8) is 0 Å². The third-order valence-corrected chi connectivity index (χ3v) is 5.39. The van der Waals surface area contributed by atoms with Crippen molar-refractivity contribution in [2.24, 2.45) is 5.92 Å². The van der Waals surface area contributed by atoms with Crippen molar-refractivity contribution in [3.8, 4) is 5.69 Å². The highest BCUT2D eigenvalue weighted by atomic mass is 32.2. The Morgan fingerprint density at radius 3 is 2.96 bits per heavy atom. The van der Waals surface area contributed by atoms with Crippen LogP contribution in [0.5, 0.6) is 0 Å². The highest BCUT2D eigenvalue weighted by Crippen LogP contribution is 2.16. The van der Waals surface area contributed by atoms with Crippen LogP contribution in [-0.2, 0) is 10.0 Å². The summed E-state index contributed by atoms with van der Waals surface area (Å²) in [5.74, 6) is 0.0556. The number of rotatable bonds is 6. The molecule has 0 radical (unpaired) electrons. The molecule has 0 spiro atoms. The molecule has 3 rings (SSSR count). The fourth-order valence-corrected chi connectivity index (χ4v) is 3.63. The second kappa shape index (κ2) is 6.77. The van der Waals surface area contributed by atoms with Crippen LogP contribution in [0.2, 0.25) is 0 Å². The normalized spacial score (nSPS) is 18.4. The van der Waals surface area contributed by atoms with E-state index in [1.807, 2.05) is 0 Å². The number of nitrogens with zero attached hydrogens (tertiary/aromatic N) is 2. The minimum Gasteiger partial charge on any atom is -0.316 e. The molecule has 1 fully saturated rings. The van der Waals surface area contributed by atoms with Gasteiger partial charge in [-0.05, 0) is 44.0 Å². The average molecular weight is 338 g/mol. The van der Waals surface area contributed by atoms with Crippen LogP contribution < -0.4 is 10.0 Å². The van der Waals surface area contributed by atoms with E-state index in [4.69, 9.17) is 0 Å². The molecular weight excluding hydrogens is 319 g/mol. The SMILES string of the molecule is O=S(=O)(NCCC1CCNC1)c1cnn(-c2ccccc2F)c1. The molecule has 8 heteroatoms. The molecule has 1 saturated heterocycles. The van der Waals surface area contributed by atoms with Gasteiger partial charge in [0.25, 0.3) is 0 Å². The molecule has 1 unspecified atom stereocenters. The Kier molecular flexibility index (Phi) is 4.74. The van der Waals surface area contributed by atoms with Crippen molar-refractivity contribution in [3.05, 3.63) is 42.5 Å². The molecule has 124 valence electrons. The second-order valence-corrected chi connectivity index (χ2v) is 7.38. The Balaban J connectivity index is 1.67. The Morgan fingerprint density at radius 2 is 2.22 bits per heavy atom. The average Bonchev–Trinajstić information content (AvgIpc) is 3.19. The van der Waals surface area contributed by atoms with Gasteiger partial charge in [0.15, 0.2) is 0 Å². The molecule has 0 bridgehead atoms. The van der Waals surface area contributed by atoms with E-state index in [-0.39, 0.29) is 10.6 Å². The summed E-state index contributed by atoms with van der Waals surface area (Å²) in [7, 11) is -3.63. The monoisotopic (exact) mass is 338 g/mol. The molecule has 1 atom stereocenters. The van der Waals surface area contributed by atoms with Crippen LogP contribution in [0.15, 0.2) is 41.6 Å². The molecule has 2 N–H and O–H groups in total. The zero-order chi connectivity index (χ0) is 16.3. The maximum Gasteiger partial charge on any atom is 0.243 e. The zero-order valence-corrected chi connectivity index (χ0v) is 13.4. The molecular formula is C15H19FN4O2S. The van der Waals surface area contributed by atoms with Crippen molar-refractivity contribution in [2.45, 2.75) is 17.7 Å². The van der Waals surface area contributed by atoms with Crippen LogP contribution >= 0.6 is 0 Å². The molecule has 1 aromatic carbocycles. The number of sulfonamides is 1. The number of aromatic nitrogens is 2. The van der Waals surface area contributed by atoms with Crippen molar-refractivity contribution in [1.29, 1.82) is 0 Å². The first kappa shape index (κ1) is 16.1. The van der Waals surface area contributed by atoms with Gasteiger partial charge in [0, 0.05) is 6.54 Å². The summed E-state index contributed by atoms with van der Waals surface area (Å²) >= 11 is 0. The van der Waals surface area contributed by atoms with E-state index in [2.05, 4.69) is 15.1 Å². The van der Waals surface area contributed by atoms with E-state index in [0.717, 1.165) is 25.9 Å². The van der Waals surface area contributed by atoms with Gasteiger partial charge < -0.3 is 5.32 Å². The molecule has 0 aliphatic carbocycles. The quantitative estimate of drug-likeness (QED) is 0.832. The number of hydrogen-bond donors (Lipinski definition) is 2. The van der Waals surface area contributed by atoms with Crippen molar-refractivity contribution < 1.29 is 12.8 Å². The van der Waals surface area contributed by atoms with Crippen LogP contribution in [0.25, 0.3) is 5.69 Å². The van der Waals surface area contributed by atoms with E-state index in [1.54, 1.807) is 18.2 Å². The van der Waals surface area contributed by atoms with Gasteiger partial charge >= 0.3 is 0 Å². The molecule has 2 aromatic rings. The summed E-state index contributed by atoms with van der Waals surface area (Å²) < 4.78 is 42.1. The maximum atomic E-state index is 13.7. The van der Waals surface area contributed by atoms with Crippen molar-refractivity contribution in [2.75, 3.05) is 19.6 Å². The van der Waals surface area contributed by atoms with E-state index in [0.29, 0.717) is 12.5 Å². The maximum absolute atomic E-state index is 13.7. The van der Waals surface area contributed by atoms with Gasteiger partial charge in [0.1, 0.15) is 16.4 Å². The lowest BCUT2D eigenvalue weighted by atomic mass is 10.1. The van der Waals surface area contributed by atoms with Gasteiger partial charge in [-0.2, -0.15) is 5.10 Å². The van der Waals surface area contributed by atoms with Crippen LogP contribution in [0, 0.1) is 11.7 Å². The third-order valence-electron chi connectivity index (χ3n) is 3.98. The summed E-state index contributed by atoms with van der Waals surface area (Å²) in [5, 5.41) is 7.20. The molecule has 1 aliphatic rings. The van der Waals surface area contributed by atoms with Crippen molar-refractivity contribution >= 4 is 10.0 Å². The van der Waals surface area contributed by atoms with Gasteiger partial charge in [-0.25, -0.2) is 22.2 Å². The van der Waals surface area contributed by atoms with Gasteiger partial charge in [0.2, 0.25) is 10.0 Å². The summed E-state index contributed by atoms with van der Waals surface area (Å²) in [6, 6.07) is 6.08. The lowest BCUT2D eigenvalue weighted by Gasteiger charge is -2.09. The number of para-hydroxylation sites is 1. The van der Waals surface area contributed by atoms with Gasteiger partial charge in [-0.1, -0.05) is 12.1 Å². The Bertz CT molecular complexity index is 769. The highest BCUT2D eigenvalue weighted by molar-refractivity contribution is 7.89. The number of halogens is 1. The first-order valence-corrected chi connectivity index (χ1v) is 9.04. The number of benzene rings is 1. The van der Waals surface area contributed by atoms with E-state index in [1.165, 1.54) is 23.1 Å². The van der Waals surface area contributed by atoms with Gasteiger partial charge in [-0.3, -0.25) is 0 Å². The van der Waals surface area contributed by atoms with E-state index in [9.17, 15) is 12.8 Å². The fraction of sp³-hybridized carbons (Fsp3) is 0.400. The fourth-order valence-electron chi connectivity index (χ4n) is 2.66. The van der Waals surface area contributed by atoms with Gasteiger partial charge in [0.05, 0.1) is 12.4 Å². The van der Waals surface area contributed by atoms with Gasteiger partial charge in [-0.15, -0.1) is 0 Å². The Labute approximate surface area is 134 Å². The standard InChI is InChI=1S/C15H19FN4O2S/c16-14-3-1-2-4-15(14)20-11-13(10-18-20)23(21,22)19-8-6-12-5-7-17-9-12/h1-4,10-12,17,19H,5-9H2. The molecule has 1 aliphatic heterocycles. The summed E-state index contributed by atoms with van der Waals surface area (Å²) in [6.07, 6.45) is 4.42. The Morgan fingerprint density at radius 1 is 1.39 bits per heavy atom. The third kappa shape index (κ3) is 3.77. The van der Waals surface area contributed by atoms with Crippen LogP contribution in [0.3, 0.4) is 0 Å². The zero-order valence-electron chi connectivity index (χ0n) is 12.6. The lowest BCUT2D eigenvalue weighted by molar-refractivity contribution is 0.519. The second-order valence-electron chi connectivity index (χ2n) is 5.62. The van der Waals surface area contributed by atoms with E-state index >= 15 is 0 Å². The number of nitrogens with one attached hydrogen (secondary N) is 2. The van der Waals surface area contributed by atoms with Crippen LogP contribution in [-0.4, -0.2) is 37.8 Å². The summed E-state index contributed by atoms with van der Waals surface area (Å²) in [4.78, 5) is 0.0327. The molecule has 1 aromatic heterocycles. The Hall–Kier alpha value is -1.77. The van der Waals surface area contributed by atoms with Crippen LogP contribution in [0.4, 0.5) is 4.39 Å². The van der Waals surface area contributed by atoms with Crippen molar-refractivity contribution in [1.82, 2.24) is 19.8 Å². The summed E-state index contributed by atoms with van der Waals surface area (Å²) in [5.41, 5.74) is 0.214. The largest absolute Gasteiger partial charge is 0.316 e. The van der Waals surface area contributed by atoms with E-state index < -0.39 is 15.8 Å². The number of hydrogen-bond acceptors (Lipinski definition) is 4. The predicted molar refractivity (Wildman–Crippen MR) is 84.3 cm³/mol. The molecule has 0 saturated carbocycles. The minimum atomic E-state index is -3.63. The molecule has 0 amide bonds. The molecule has 2 heterocycles. The molecule has 6 nitrogen and oxygen atoms in total. The first-order valence-electron chi connectivity index (χ1n) is 7.56. The minimum absolute atomic E-state index is 0.0327. The molecule has 23 heavy (non-hydrogen) atoms.